The summed E-state index contributed by atoms with van der Waals surface area (Å²) in [6.07, 6.45) is 2.64. The van der Waals surface area contributed by atoms with Crippen molar-refractivity contribution in [2.45, 2.75) is 39.7 Å². The van der Waals surface area contributed by atoms with Crippen LogP contribution in [-0.4, -0.2) is 19.0 Å². The van der Waals surface area contributed by atoms with E-state index in [1.54, 1.807) is 11.3 Å². The van der Waals surface area contributed by atoms with E-state index in [0.717, 1.165) is 12.5 Å². The highest BCUT2D eigenvalue weighted by atomic mass is 35.5. The highest BCUT2D eigenvalue weighted by molar-refractivity contribution is 7.12. The summed E-state index contributed by atoms with van der Waals surface area (Å²) >= 11 is 1.79. The third-order valence-electron chi connectivity index (χ3n) is 3.34. The molecule has 2 rings (SSSR count). The molecule has 1 fully saturated rings. The smallest absolute Gasteiger partial charge is 0.234 e. The Balaban J connectivity index is 0.00000180. The second-order valence-electron chi connectivity index (χ2n) is 5.23. The average Bonchev–Trinajstić information content (AvgIpc) is 3.03. The normalized spacial score (nSPS) is 15.7. The highest BCUT2D eigenvalue weighted by Gasteiger charge is 2.21. The summed E-state index contributed by atoms with van der Waals surface area (Å²) in [6, 6.07) is 2.27. The van der Waals surface area contributed by atoms with Gasteiger partial charge in [0.05, 0.1) is 12.6 Å². The number of thiophene rings is 1. The molecule has 0 aliphatic heterocycles. The van der Waals surface area contributed by atoms with Crippen molar-refractivity contribution in [2.75, 3.05) is 13.1 Å². The number of hydrogen-bond donors (Lipinski definition) is 2. The Kier molecular flexibility index (Phi) is 6.30. The fraction of sp³-hybridized carbons (Fsp3) is 0.643. The number of aryl methyl sites for hydroxylation is 2. The van der Waals surface area contributed by atoms with Gasteiger partial charge in [0, 0.05) is 9.75 Å². The molecule has 1 amide bonds. The maximum absolute atomic E-state index is 11.8. The Morgan fingerprint density at radius 1 is 1.47 bits per heavy atom. The van der Waals surface area contributed by atoms with E-state index in [1.165, 1.54) is 28.2 Å². The molecule has 0 radical (unpaired) electrons. The lowest BCUT2D eigenvalue weighted by Gasteiger charge is -2.14. The zero-order chi connectivity index (χ0) is 13.1. The van der Waals surface area contributed by atoms with Gasteiger partial charge in [-0.3, -0.25) is 4.79 Å². The van der Waals surface area contributed by atoms with Gasteiger partial charge in [-0.05, 0) is 57.7 Å². The summed E-state index contributed by atoms with van der Waals surface area (Å²) < 4.78 is 0. The van der Waals surface area contributed by atoms with Crippen LogP contribution in [0.5, 0.6) is 0 Å². The minimum atomic E-state index is 0. The molecule has 108 valence electrons. The Hall–Kier alpha value is -0.580. The second-order valence-corrected chi connectivity index (χ2v) is 6.69. The molecule has 19 heavy (non-hydrogen) atoms. The molecule has 1 aliphatic rings. The van der Waals surface area contributed by atoms with Crippen molar-refractivity contribution in [1.82, 2.24) is 10.6 Å². The summed E-state index contributed by atoms with van der Waals surface area (Å²) in [5, 5.41) is 6.26. The first-order chi connectivity index (χ1) is 8.56. The molecule has 0 bridgehead atoms. The number of amides is 1. The van der Waals surface area contributed by atoms with Gasteiger partial charge < -0.3 is 10.6 Å². The summed E-state index contributed by atoms with van der Waals surface area (Å²) in [4.78, 5) is 14.4. The number of hydrogen-bond acceptors (Lipinski definition) is 3. The van der Waals surface area contributed by atoms with E-state index in [-0.39, 0.29) is 24.4 Å². The number of carbonyl (C=O) groups is 1. The molecule has 1 aromatic heterocycles. The third kappa shape index (κ3) is 5.13. The first-order valence-corrected chi connectivity index (χ1v) is 7.45. The first kappa shape index (κ1) is 16.5. The van der Waals surface area contributed by atoms with Gasteiger partial charge in [0.2, 0.25) is 5.91 Å². The predicted octanol–water partition coefficient (Wildman–Crippen LogP) is 2.96. The Labute approximate surface area is 125 Å². The number of nitrogens with one attached hydrogen (secondary N) is 2. The predicted molar refractivity (Wildman–Crippen MR) is 83.2 cm³/mol. The van der Waals surface area contributed by atoms with E-state index in [9.17, 15) is 4.79 Å². The zero-order valence-electron chi connectivity index (χ0n) is 11.8. The van der Waals surface area contributed by atoms with Crippen LogP contribution in [0.4, 0.5) is 0 Å². The first-order valence-electron chi connectivity index (χ1n) is 6.63. The number of carbonyl (C=O) groups excluding carboxylic acids is 1. The van der Waals surface area contributed by atoms with Crippen LogP contribution in [0, 0.1) is 19.8 Å². The quantitative estimate of drug-likeness (QED) is 0.848. The van der Waals surface area contributed by atoms with Crippen LogP contribution < -0.4 is 10.6 Å². The SMILES string of the molecule is Cc1cc(C(C)NC(=O)CNCC2CC2)c(C)s1.Cl. The fourth-order valence-corrected chi connectivity index (χ4v) is 3.18. The van der Waals surface area contributed by atoms with E-state index in [2.05, 4.69) is 30.5 Å². The van der Waals surface area contributed by atoms with Crippen LogP contribution in [0.15, 0.2) is 6.07 Å². The summed E-state index contributed by atoms with van der Waals surface area (Å²) in [5.74, 6) is 0.906. The molecule has 1 saturated carbocycles. The fourth-order valence-electron chi connectivity index (χ4n) is 2.16. The van der Waals surface area contributed by atoms with Gasteiger partial charge in [-0.2, -0.15) is 0 Å². The van der Waals surface area contributed by atoms with E-state index in [1.807, 2.05) is 6.92 Å². The topological polar surface area (TPSA) is 41.1 Å². The van der Waals surface area contributed by atoms with Crippen LogP contribution in [0.2, 0.25) is 0 Å². The monoisotopic (exact) mass is 302 g/mol. The molecule has 2 N–H and O–H groups in total. The Bertz CT molecular complexity index is 429. The maximum Gasteiger partial charge on any atom is 0.234 e. The summed E-state index contributed by atoms with van der Waals surface area (Å²) in [7, 11) is 0. The number of halogens is 1. The van der Waals surface area contributed by atoms with E-state index in [4.69, 9.17) is 0 Å². The van der Waals surface area contributed by atoms with Crippen LogP contribution in [-0.2, 0) is 4.79 Å². The van der Waals surface area contributed by atoms with Crippen molar-refractivity contribution in [2.24, 2.45) is 5.92 Å². The van der Waals surface area contributed by atoms with Gasteiger partial charge in [0.15, 0.2) is 0 Å². The molecule has 5 heteroatoms. The van der Waals surface area contributed by atoms with Crippen molar-refractivity contribution in [3.63, 3.8) is 0 Å². The molecule has 1 aromatic rings. The van der Waals surface area contributed by atoms with Gasteiger partial charge in [-0.15, -0.1) is 23.7 Å². The molecular weight excluding hydrogens is 280 g/mol. The van der Waals surface area contributed by atoms with Crippen molar-refractivity contribution in [3.8, 4) is 0 Å². The van der Waals surface area contributed by atoms with Crippen LogP contribution in [0.1, 0.15) is 41.1 Å². The van der Waals surface area contributed by atoms with Gasteiger partial charge in [-0.25, -0.2) is 0 Å². The minimum Gasteiger partial charge on any atom is -0.348 e. The minimum absolute atomic E-state index is 0. The zero-order valence-corrected chi connectivity index (χ0v) is 13.4. The lowest BCUT2D eigenvalue weighted by molar-refractivity contribution is -0.120. The third-order valence-corrected chi connectivity index (χ3v) is 4.32. The largest absolute Gasteiger partial charge is 0.348 e. The van der Waals surface area contributed by atoms with Crippen molar-refractivity contribution < 1.29 is 4.79 Å². The molecular formula is C14H23ClN2OS. The van der Waals surface area contributed by atoms with Crippen LogP contribution in [0.25, 0.3) is 0 Å². The molecule has 0 spiro atoms. The van der Waals surface area contributed by atoms with Gasteiger partial charge in [0.1, 0.15) is 0 Å². The lowest BCUT2D eigenvalue weighted by Crippen LogP contribution is -2.36. The standard InChI is InChI=1S/C14H22N2OS.ClH/c1-9-6-13(11(3)18-9)10(2)16-14(17)8-15-7-12-4-5-12;/h6,10,12,15H,4-5,7-8H2,1-3H3,(H,16,17);1H. The number of rotatable bonds is 6. The van der Waals surface area contributed by atoms with Crippen LogP contribution in [0.3, 0.4) is 0 Å². The van der Waals surface area contributed by atoms with Crippen LogP contribution >= 0.6 is 23.7 Å². The molecule has 1 heterocycles. The molecule has 0 aromatic carbocycles. The average molecular weight is 303 g/mol. The van der Waals surface area contributed by atoms with Gasteiger partial charge >= 0.3 is 0 Å². The van der Waals surface area contributed by atoms with Crippen molar-refractivity contribution in [3.05, 3.63) is 21.4 Å². The van der Waals surface area contributed by atoms with E-state index >= 15 is 0 Å². The van der Waals surface area contributed by atoms with Crippen molar-refractivity contribution in [1.29, 1.82) is 0 Å². The molecule has 1 unspecified atom stereocenters. The molecule has 3 nitrogen and oxygen atoms in total. The Morgan fingerprint density at radius 3 is 2.68 bits per heavy atom. The van der Waals surface area contributed by atoms with Crippen molar-refractivity contribution >= 4 is 29.7 Å². The maximum atomic E-state index is 11.8. The highest BCUT2D eigenvalue weighted by Crippen LogP contribution is 2.27. The second kappa shape index (κ2) is 7.27. The lowest BCUT2D eigenvalue weighted by atomic mass is 10.1. The Morgan fingerprint density at radius 2 is 2.16 bits per heavy atom. The summed E-state index contributed by atoms with van der Waals surface area (Å²) in [6.45, 7) is 7.68. The van der Waals surface area contributed by atoms with Gasteiger partial charge in [-0.1, -0.05) is 0 Å². The molecule has 1 atom stereocenters. The molecule has 1 aliphatic carbocycles. The molecule has 0 saturated heterocycles. The van der Waals surface area contributed by atoms with Gasteiger partial charge in [0.25, 0.3) is 0 Å². The van der Waals surface area contributed by atoms with E-state index < -0.39 is 0 Å². The summed E-state index contributed by atoms with van der Waals surface area (Å²) in [5.41, 5.74) is 1.24. The van der Waals surface area contributed by atoms with E-state index in [0.29, 0.717) is 6.54 Å².